The number of para-hydroxylation sites is 1. The fraction of sp³-hybridized carbons (Fsp3) is 0.300. The van der Waals surface area contributed by atoms with Crippen molar-refractivity contribution in [3.8, 4) is 6.07 Å². The van der Waals surface area contributed by atoms with Crippen molar-refractivity contribution >= 4 is 11.6 Å². The van der Waals surface area contributed by atoms with E-state index < -0.39 is 0 Å². The highest BCUT2D eigenvalue weighted by molar-refractivity contribution is 5.92. The lowest BCUT2D eigenvalue weighted by Gasteiger charge is -2.25. The fourth-order valence-electron chi connectivity index (χ4n) is 3.33. The van der Waals surface area contributed by atoms with Crippen LogP contribution in [0.25, 0.3) is 0 Å². The molecule has 1 aliphatic rings. The number of rotatable bonds is 5. The number of nitrogens with zero attached hydrogens (tertiary/aromatic N) is 2. The zero-order valence-electron chi connectivity index (χ0n) is 13.8. The van der Waals surface area contributed by atoms with Gasteiger partial charge in [-0.15, -0.1) is 0 Å². The Balaban J connectivity index is 1.56. The molecule has 1 aliphatic carbocycles. The van der Waals surface area contributed by atoms with E-state index in [4.69, 9.17) is 5.26 Å². The standard InChI is InChI=1S/C20H21N3O/c1-23(19-11-10-15-6-2-4-8-17(15)19)13-12-20(24)22-18-9-5-3-7-16(18)14-21/h2-9,19H,10-13H2,1H3,(H,22,24). The zero-order chi connectivity index (χ0) is 16.9. The smallest absolute Gasteiger partial charge is 0.225 e. The van der Waals surface area contributed by atoms with Crippen LogP contribution in [0, 0.1) is 11.3 Å². The molecule has 4 heteroatoms. The highest BCUT2D eigenvalue weighted by atomic mass is 16.1. The number of aryl methyl sites for hydroxylation is 1. The number of nitriles is 1. The molecular formula is C20H21N3O. The van der Waals surface area contributed by atoms with Crippen molar-refractivity contribution in [3.05, 3.63) is 65.2 Å². The Morgan fingerprint density at radius 2 is 2.00 bits per heavy atom. The van der Waals surface area contributed by atoms with E-state index in [0.29, 0.717) is 30.3 Å². The maximum atomic E-state index is 12.2. The minimum atomic E-state index is -0.0594. The minimum Gasteiger partial charge on any atom is -0.325 e. The molecule has 3 rings (SSSR count). The number of hydrogen-bond donors (Lipinski definition) is 1. The van der Waals surface area contributed by atoms with Gasteiger partial charge >= 0.3 is 0 Å². The van der Waals surface area contributed by atoms with Crippen molar-refractivity contribution in [2.75, 3.05) is 18.9 Å². The summed E-state index contributed by atoms with van der Waals surface area (Å²) in [6, 6.07) is 18.1. The van der Waals surface area contributed by atoms with E-state index in [9.17, 15) is 4.79 Å². The predicted molar refractivity (Wildman–Crippen MR) is 94.5 cm³/mol. The van der Waals surface area contributed by atoms with E-state index in [2.05, 4.69) is 47.6 Å². The maximum Gasteiger partial charge on any atom is 0.225 e. The van der Waals surface area contributed by atoms with Crippen LogP contribution in [0.3, 0.4) is 0 Å². The number of hydrogen-bond acceptors (Lipinski definition) is 3. The van der Waals surface area contributed by atoms with Gasteiger partial charge in [-0.25, -0.2) is 0 Å². The van der Waals surface area contributed by atoms with Crippen molar-refractivity contribution in [1.82, 2.24) is 4.90 Å². The zero-order valence-corrected chi connectivity index (χ0v) is 13.8. The van der Waals surface area contributed by atoms with E-state index in [-0.39, 0.29) is 5.91 Å². The van der Waals surface area contributed by atoms with Gasteiger partial charge in [-0.1, -0.05) is 36.4 Å². The second kappa shape index (κ2) is 7.29. The molecule has 0 saturated heterocycles. The van der Waals surface area contributed by atoms with Gasteiger partial charge in [-0.3, -0.25) is 9.69 Å². The summed E-state index contributed by atoms with van der Waals surface area (Å²) in [5, 5.41) is 11.9. The van der Waals surface area contributed by atoms with E-state index in [1.54, 1.807) is 18.2 Å². The maximum absolute atomic E-state index is 12.2. The third kappa shape index (κ3) is 3.47. The highest BCUT2D eigenvalue weighted by Crippen LogP contribution is 2.34. The molecule has 0 radical (unpaired) electrons. The summed E-state index contributed by atoms with van der Waals surface area (Å²) in [5.41, 5.74) is 3.87. The van der Waals surface area contributed by atoms with Crippen molar-refractivity contribution in [2.45, 2.75) is 25.3 Å². The number of anilines is 1. The van der Waals surface area contributed by atoms with Gasteiger partial charge in [0.15, 0.2) is 0 Å². The number of benzene rings is 2. The highest BCUT2D eigenvalue weighted by Gasteiger charge is 2.25. The molecule has 1 amide bonds. The molecule has 1 unspecified atom stereocenters. The van der Waals surface area contributed by atoms with Crippen molar-refractivity contribution in [3.63, 3.8) is 0 Å². The Hall–Kier alpha value is -2.64. The Morgan fingerprint density at radius 3 is 2.83 bits per heavy atom. The Morgan fingerprint density at radius 1 is 1.25 bits per heavy atom. The molecule has 0 bridgehead atoms. The molecule has 122 valence electrons. The van der Waals surface area contributed by atoms with Crippen LogP contribution in [0.5, 0.6) is 0 Å². The Bertz CT molecular complexity index is 778. The second-order valence-electron chi connectivity index (χ2n) is 6.19. The molecule has 0 fully saturated rings. The largest absolute Gasteiger partial charge is 0.325 e. The summed E-state index contributed by atoms with van der Waals surface area (Å²) < 4.78 is 0. The predicted octanol–water partition coefficient (Wildman–Crippen LogP) is 3.51. The van der Waals surface area contributed by atoms with E-state index in [0.717, 1.165) is 12.8 Å². The first-order valence-corrected chi connectivity index (χ1v) is 8.26. The van der Waals surface area contributed by atoms with Gasteiger partial charge in [0, 0.05) is 19.0 Å². The van der Waals surface area contributed by atoms with Crippen LogP contribution in [0.2, 0.25) is 0 Å². The summed E-state index contributed by atoms with van der Waals surface area (Å²) in [6.45, 7) is 0.694. The van der Waals surface area contributed by atoms with Crippen molar-refractivity contribution < 1.29 is 4.79 Å². The lowest BCUT2D eigenvalue weighted by atomic mass is 10.1. The van der Waals surface area contributed by atoms with Gasteiger partial charge in [-0.05, 0) is 43.1 Å². The van der Waals surface area contributed by atoms with Crippen LogP contribution < -0.4 is 5.32 Å². The molecule has 0 aliphatic heterocycles. The van der Waals surface area contributed by atoms with Gasteiger partial charge in [0.05, 0.1) is 11.3 Å². The van der Waals surface area contributed by atoms with Gasteiger partial charge in [-0.2, -0.15) is 5.26 Å². The summed E-state index contributed by atoms with van der Waals surface area (Å²) in [4.78, 5) is 14.4. The molecule has 0 spiro atoms. The Labute approximate surface area is 142 Å². The lowest BCUT2D eigenvalue weighted by Crippen LogP contribution is -2.27. The second-order valence-corrected chi connectivity index (χ2v) is 6.19. The van der Waals surface area contributed by atoms with E-state index in [1.165, 1.54) is 11.1 Å². The molecular weight excluding hydrogens is 298 g/mol. The quantitative estimate of drug-likeness (QED) is 0.917. The molecule has 4 nitrogen and oxygen atoms in total. The average molecular weight is 319 g/mol. The normalized spacial score (nSPS) is 15.8. The number of carbonyl (C=O) groups excluding carboxylic acids is 1. The van der Waals surface area contributed by atoms with Crippen LogP contribution in [-0.2, 0) is 11.2 Å². The summed E-state index contributed by atoms with van der Waals surface area (Å²) >= 11 is 0. The van der Waals surface area contributed by atoms with Gasteiger partial charge in [0.25, 0.3) is 0 Å². The first kappa shape index (κ1) is 16.2. The SMILES string of the molecule is CN(CCC(=O)Nc1ccccc1C#N)C1CCc2ccccc21. The number of amides is 1. The molecule has 0 heterocycles. The molecule has 0 aromatic heterocycles. The van der Waals surface area contributed by atoms with Crippen LogP contribution in [-0.4, -0.2) is 24.4 Å². The van der Waals surface area contributed by atoms with Crippen LogP contribution >= 0.6 is 0 Å². The fourth-order valence-corrected chi connectivity index (χ4v) is 3.33. The van der Waals surface area contributed by atoms with Gasteiger partial charge < -0.3 is 5.32 Å². The van der Waals surface area contributed by atoms with Crippen molar-refractivity contribution in [1.29, 1.82) is 5.26 Å². The topological polar surface area (TPSA) is 56.1 Å². The minimum absolute atomic E-state index is 0.0594. The summed E-state index contributed by atoms with van der Waals surface area (Å²) in [7, 11) is 2.07. The first-order chi connectivity index (χ1) is 11.7. The first-order valence-electron chi connectivity index (χ1n) is 8.26. The molecule has 24 heavy (non-hydrogen) atoms. The summed E-state index contributed by atoms with van der Waals surface area (Å²) in [6.07, 6.45) is 2.62. The van der Waals surface area contributed by atoms with Crippen LogP contribution in [0.1, 0.15) is 35.6 Å². The molecule has 0 saturated carbocycles. The lowest BCUT2D eigenvalue weighted by molar-refractivity contribution is -0.116. The molecule has 1 atom stereocenters. The molecule has 2 aromatic carbocycles. The third-order valence-corrected chi connectivity index (χ3v) is 4.65. The van der Waals surface area contributed by atoms with Crippen LogP contribution in [0.15, 0.2) is 48.5 Å². The third-order valence-electron chi connectivity index (χ3n) is 4.65. The van der Waals surface area contributed by atoms with E-state index >= 15 is 0 Å². The van der Waals surface area contributed by atoms with Gasteiger partial charge in [0.2, 0.25) is 5.91 Å². The van der Waals surface area contributed by atoms with E-state index in [1.807, 2.05) is 6.07 Å². The Kier molecular flexibility index (Phi) is 4.93. The number of nitrogens with one attached hydrogen (secondary N) is 1. The number of fused-ring (bicyclic) bond motifs is 1. The van der Waals surface area contributed by atoms with Crippen LogP contribution in [0.4, 0.5) is 5.69 Å². The molecule has 1 N–H and O–H groups in total. The average Bonchev–Trinajstić information content (AvgIpc) is 3.04. The van der Waals surface area contributed by atoms with Gasteiger partial charge in [0.1, 0.15) is 6.07 Å². The molecule has 2 aromatic rings. The summed E-state index contributed by atoms with van der Waals surface area (Å²) in [5.74, 6) is -0.0594. The monoisotopic (exact) mass is 319 g/mol. The number of carbonyl (C=O) groups is 1. The van der Waals surface area contributed by atoms with Crippen molar-refractivity contribution in [2.24, 2.45) is 0 Å².